The van der Waals surface area contributed by atoms with Crippen molar-refractivity contribution < 1.29 is 9.66 Å². The summed E-state index contributed by atoms with van der Waals surface area (Å²) in [6.07, 6.45) is 0. The summed E-state index contributed by atoms with van der Waals surface area (Å²) < 4.78 is 5.09. The van der Waals surface area contributed by atoms with Crippen molar-refractivity contribution in [2.75, 3.05) is 7.11 Å². The number of nitro groups is 1. The Balaban J connectivity index is 2.51. The highest BCUT2D eigenvalue weighted by Gasteiger charge is 2.14. The molecule has 0 amide bonds. The van der Waals surface area contributed by atoms with Crippen molar-refractivity contribution in [3.63, 3.8) is 0 Å². The summed E-state index contributed by atoms with van der Waals surface area (Å²) in [6, 6.07) is 4.40. The van der Waals surface area contributed by atoms with Gasteiger partial charge in [0.1, 0.15) is 11.3 Å². The van der Waals surface area contributed by atoms with Gasteiger partial charge in [0.05, 0.1) is 23.7 Å². The van der Waals surface area contributed by atoms with Crippen LogP contribution in [0.2, 0.25) is 0 Å². The van der Waals surface area contributed by atoms with Crippen molar-refractivity contribution in [2.45, 2.75) is 0 Å². The Labute approximate surface area is 94.7 Å². The van der Waals surface area contributed by atoms with Gasteiger partial charge in [0.2, 0.25) is 0 Å². The zero-order valence-electron chi connectivity index (χ0n) is 8.28. The molecule has 0 saturated heterocycles. The van der Waals surface area contributed by atoms with Crippen LogP contribution >= 0.6 is 11.3 Å². The number of hydrogen-bond acceptors (Lipinski definition) is 6. The minimum absolute atomic E-state index is 0.00915. The van der Waals surface area contributed by atoms with E-state index in [1.807, 2.05) is 0 Å². The summed E-state index contributed by atoms with van der Waals surface area (Å²) >= 11 is 1.35. The van der Waals surface area contributed by atoms with Crippen LogP contribution in [0.15, 0.2) is 23.7 Å². The topological polar surface area (TPSA) is 78.2 Å². The Kier molecular flexibility index (Phi) is 2.78. The number of ether oxygens (including phenoxy) is 1. The lowest BCUT2D eigenvalue weighted by atomic mass is 10.2. The zero-order valence-corrected chi connectivity index (χ0v) is 9.10. The summed E-state index contributed by atoms with van der Waals surface area (Å²) in [6.45, 7) is 0. The van der Waals surface area contributed by atoms with Crippen LogP contribution in [-0.4, -0.2) is 22.2 Å². The molecule has 1 heterocycles. The predicted molar refractivity (Wildman–Crippen MR) is 58.6 cm³/mol. The van der Waals surface area contributed by atoms with Gasteiger partial charge >= 0.3 is 0 Å². The van der Waals surface area contributed by atoms with Gasteiger partial charge in [-0.1, -0.05) is 11.3 Å². The summed E-state index contributed by atoms with van der Waals surface area (Å²) in [4.78, 5) is 10.1. The number of hydrogen-bond donors (Lipinski definition) is 0. The Morgan fingerprint density at radius 2 is 2.31 bits per heavy atom. The lowest BCUT2D eigenvalue weighted by molar-refractivity contribution is -0.384. The molecule has 6 nitrogen and oxygen atoms in total. The zero-order chi connectivity index (χ0) is 11.5. The lowest BCUT2D eigenvalue weighted by Crippen LogP contribution is -1.92. The number of aromatic nitrogens is 2. The SMILES string of the molecule is COc1cc([N+](=O)[O-])ccc1-c1nncs1. The van der Waals surface area contributed by atoms with E-state index >= 15 is 0 Å². The molecule has 0 aliphatic carbocycles. The first-order valence-corrected chi connectivity index (χ1v) is 5.19. The van der Waals surface area contributed by atoms with E-state index in [1.165, 1.54) is 30.6 Å². The first kappa shape index (κ1) is 10.5. The molecular formula is C9H7N3O3S. The van der Waals surface area contributed by atoms with E-state index in [-0.39, 0.29) is 5.69 Å². The van der Waals surface area contributed by atoms with Crippen molar-refractivity contribution in [3.05, 3.63) is 33.8 Å². The molecule has 0 bridgehead atoms. The highest BCUT2D eigenvalue weighted by molar-refractivity contribution is 7.12. The van der Waals surface area contributed by atoms with Gasteiger partial charge in [-0.3, -0.25) is 10.1 Å². The van der Waals surface area contributed by atoms with Crippen LogP contribution in [0.5, 0.6) is 5.75 Å². The van der Waals surface area contributed by atoms with E-state index in [0.717, 1.165) is 0 Å². The lowest BCUT2D eigenvalue weighted by Gasteiger charge is -2.04. The van der Waals surface area contributed by atoms with Gasteiger partial charge in [-0.2, -0.15) is 0 Å². The molecule has 0 saturated carbocycles. The molecule has 0 radical (unpaired) electrons. The van der Waals surface area contributed by atoms with Crippen LogP contribution in [0.1, 0.15) is 0 Å². The molecule has 7 heteroatoms. The number of nitrogens with zero attached hydrogens (tertiary/aromatic N) is 3. The first-order chi connectivity index (χ1) is 7.72. The van der Waals surface area contributed by atoms with E-state index in [0.29, 0.717) is 16.3 Å². The van der Waals surface area contributed by atoms with Crippen molar-refractivity contribution >= 4 is 17.0 Å². The Hall–Kier alpha value is -2.02. The highest BCUT2D eigenvalue weighted by atomic mass is 32.1. The van der Waals surface area contributed by atoms with Crippen LogP contribution in [0.3, 0.4) is 0 Å². The molecule has 2 rings (SSSR count). The van der Waals surface area contributed by atoms with Gasteiger partial charge in [0, 0.05) is 6.07 Å². The molecule has 0 atom stereocenters. The van der Waals surface area contributed by atoms with Gasteiger partial charge in [-0.25, -0.2) is 0 Å². The van der Waals surface area contributed by atoms with E-state index in [9.17, 15) is 10.1 Å². The quantitative estimate of drug-likeness (QED) is 0.603. The molecule has 0 unspecified atom stereocenters. The second-order valence-electron chi connectivity index (χ2n) is 2.89. The molecule has 0 N–H and O–H groups in total. The van der Waals surface area contributed by atoms with E-state index in [2.05, 4.69) is 10.2 Å². The number of non-ortho nitro benzene ring substituents is 1. The average Bonchev–Trinajstić information content (AvgIpc) is 2.81. The molecule has 2 aromatic rings. The molecule has 1 aromatic heterocycles. The monoisotopic (exact) mass is 237 g/mol. The van der Waals surface area contributed by atoms with Crippen molar-refractivity contribution in [1.29, 1.82) is 0 Å². The molecular weight excluding hydrogens is 230 g/mol. The third-order valence-electron chi connectivity index (χ3n) is 1.99. The average molecular weight is 237 g/mol. The number of methoxy groups -OCH3 is 1. The van der Waals surface area contributed by atoms with E-state index < -0.39 is 4.92 Å². The standard InChI is InChI=1S/C9H7N3O3S/c1-15-8-4-6(12(13)14)2-3-7(8)9-11-10-5-16-9/h2-5H,1H3. The van der Waals surface area contributed by atoms with Crippen molar-refractivity contribution in [1.82, 2.24) is 10.2 Å². The molecule has 82 valence electrons. The summed E-state index contributed by atoms with van der Waals surface area (Å²) in [7, 11) is 1.46. The molecule has 1 aromatic carbocycles. The van der Waals surface area contributed by atoms with Crippen LogP contribution in [0, 0.1) is 10.1 Å². The molecule has 0 aliphatic rings. The predicted octanol–water partition coefficient (Wildman–Crippen LogP) is 2.12. The van der Waals surface area contributed by atoms with Crippen molar-refractivity contribution in [2.24, 2.45) is 0 Å². The second-order valence-corrected chi connectivity index (χ2v) is 3.72. The maximum absolute atomic E-state index is 10.6. The van der Waals surface area contributed by atoms with Gasteiger partial charge < -0.3 is 4.74 Å². The summed E-state index contributed by atoms with van der Waals surface area (Å²) in [5.74, 6) is 0.422. The molecule has 0 spiro atoms. The van der Waals surface area contributed by atoms with Gasteiger partial charge in [-0.05, 0) is 6.07 Å². The summed E-state index contributed by atoms with van der Waals surface area (Å²) in [5, 5.41) is 18.9. The minimum Gasteiger partial charge on any atom is -0.496 e. The van der Waals surface area contributed by atoms with Gasteiger partial charge in [-0.15, -0.1) is 10.2 Å². The molecule has 0 fully saturated rings. The first-order valence-electron chi connectivity index (χ1n) is 4.31. The third-order valence-corrected chi connectivity index (χ3v) is 2.71. The normalized spacial score (nSPS) is 10.1. The van der Waals surface area contributed by atoms with E-state index in [4.69, 9.17) is 4.74 Å². The Morgan fingerprint density at radius 3 is 2.88 bits per heavy atom. The second kappa shape index (κ2) is 4.23. The number of rotatable bonds is 3. The van der Waals surface area contributed by atoms with Gasteiger partial charge in [0.15, 0.2) is 5.01 Å². The highest BCUT2D eigenvalue weighted by Crippen LogP contribution is 2.33. The summed E-state index contributed by atoms with van der Waals surface area (Å²) in [5.41, 5.74) is 2.29. The number of nitro benzene ring substituents is 1. The fraction of sp³-hybridized carbons (Fsp3) is 0.111. The van der Waals surface area contributed by atoms with Gasteiger partial charge in [0.25, 0.3) is 5.69 Å². The van der Waals surface area contributed by atoms with E-state index in [1.54, 1.807) is 11.6 Å². The minimum atomic E-state index is -0.466. The van der Waals surface area contributed by atoms with Crippen LogP contribution in [0.4, 0.5) is 5.69 Å². The maximum atomic E-state index is 10.6. The molecule has 0 aliphatic heterocycles. The smallest absolute Gasteiger partial charge is 0.273 e. The Morgan fingerprint density at radius 1 is 1.50 bits per heavy atom. The molecule has 16 heavy (non-hydrogen) atoms. The largest absolute Gasteiger partial charge is 0.496 e. The Bertz CT molecular complexity index is 513. The van der Waals surface area contributed by atoms with Crippen LogP contribution in [-0.2, 0) is 0 Å². The maximum Gasteiger partial charge on any atom is 0.273 e. The van der Waals surface area contributed by atoms with Crippen LogP contribution in [0.25, 0.3) is 10.6 Å². The van der Waals surface area contributed by atoms with Crippen molar-refractivity contribution in [3.8, 4) is 16.3 Å². The number of benzene rings is 1. The fourth-order valence-corrected chi connectivity index (χ4v) is 1.84. The third kappa shape index (κ3) is 1.84. The fourth-order valence-electron chi connectivity index (χ4n) is 1.26. The van der Waals surface area contributed by atoms with Crippen LogP contribution < -0.4 is 4.74 Å².